The van der Waals surface area contributed by atoms with Crippen LogP contribution in [0, 0.1) is 0 Å². The van der Waals surface area contributed by atoms with Crippen LogP contribution in [0.1, 0.15) is 17.3 Å². The predicted octanol–water partition coefficient (Wildman–Crippen LogP) is 3.74. The van der Waals surface area contributed by atoms with Crippen molar-refractivity contribution in [2.45, 2.75) is 24.8 Å². The van der Waals surface area contributed by atoms with Crippen molar-refractivity contribution in [3.63, 3.8) is 0 Å². The number of methoxy groups -OCH3 is 1. The van der Waals surface area contributed by atoms with Crippen molar-refractivity contribution in [2.24, 2.45) is 0 Å². The number of carbonyl (C=O) groups excluding carboxylic acids is 1. The zero-order valence-electron chi connectivity index (χ0n) is 13.8. The first-order chi connectivity index (χ1) is 12.1. The van der Waals surface area contributed by atoms with Crippen LogP contribution in [-0.4, -0.2) is 35.9 Å². The summed E-state index contributed by atoms with van der Waals surface area (Å²) in [5.74, 6) is -0.995. The molecule has 0 bridgehead atoms. The van der Waals surface area contributed by atoms with Crippen LogP contribution in [0.4, 0.5) is 13.2 Å². The average Bonchev–Trinajstić information content (AvgIpc) is 2.58. The van der Waals surface area contributed by atoms with Gasteiger partial charge in [0.1, 0.15) is 23.0 Å². The minimum atomic E-state index is -4.87. The van der Waals surface area contributed by atoms with Gasteiger partial charge in [0.25, 0.3) is 0 Å². The van der Waals surface area contributed by atoms with Gasteiger partial charge in [-0.05, 0) is 43.3 Å². The van der Waals surface area contributed by atoms with Gasteiger partial charge < -0.3 is 19.3 Å². The van der Waals surface area contributed by atoms with E-state index in [1.807, 2.05) is 0 Å². The molecule has 0 saturated heterocycles. The van der Waals surface area contributed by atoms with E-state index in [1.165, 1.54) is 43.5 Å². The van der Waals surface area contributed by atoms with Crippen LogP contribution in [0.5, 0.6) is 23.0 Å². The minimum absolute atomic E-state index is 0.0572. The van der Waals surface area contributed by atoms with E-state index in [0.717, 1.165) is 13.0 Å². The SMILES string of the molecule is COc1ccc(OC2(C)C(=O)c3ccc(O)cc3OC2C(F)(F)F)cc1. The molecule has 3 rings (SSSR count). The number of rotatable bonds is 3. The van der Waals surface area contributed by atoms with E-state index < -0.39 is 23.7 Å². The fourth-order valence-electron chi connectivity index (χ4n) is 2.79. The lowest BCUT2D eigenvalue weighted by atomic mass is 9.85. The number of phenols is 1. The summed E-state index contributed by atoms with van der Waals surface area (Å²) < 4.78 is 56.2. The number of hydrogen-bond donors (Lipinski definition) is 1. The van der Waals surface area contributed by atoms with Crippen LogP contribution < -0.4 is 14.2 Å². The highest BCUT2D eigenvalue weighted by Gasteiger charge is 2.62. The van der Waals surface area contributed by atoms with Crippen molar-refractivity contribution in [3.8, 4) is 23.0 Å². The van der Waals surface area contributed by atoms with Gasteiger partial charge in [-0.15, -0.1) is 0 Å². The number of Topliss-reactive ketones (excluding diaryl/α,β-unsaturated/α-hetero) is 1. The number of ketones is 1. The molecule has 2 atom stereocenters. The number of ether oxygens (including phenoxy) is 3. The number of carbonyl (C=O) groups is 1. The van der Waals surface area contributed by atoms with E-state index in [2.05, 4.69) is 0 Å². The molecule has 0 fully saturated rings. The highest BCUT2D eigenvalue weighted by atomic mass is 19.4. The summed E-state index contributed by atoms with van der Waals surface area (Å²) in [6.07, 6.45) is -7.42. The van der Waals surface area contributed by atoms with E-state index in [4.69, 9.17) is 14.2 Å². The zero-order chi connectivity index (χ0) is 19.1. The van der Waals surface area contributed by atoms with Crippen molar-refractivity contribution < 1.29 is 37.3 Å². The van der Waals surface area contributed by atoms with Gasteiger partial charge in [-0.2, -0.15) is 13.2 Å². The molecule has 1 aliphatic rings. The summed E-state index contributed by atoms with van der Waals surface area (Å²) in [7, 11) is 1.45. The van der Waals surface area contributed by atoms with Gasteiger partial charge in [0, 0.05) is 6.07 Å². The van der Waals surface area contributed by atoms with Gasteiger partial charge in [-0.25, -0.2) is 0 Å². The fourth-order valence-corrected chi connectivity index (χ4v) is 2.79. The molecular formula is C18H15F3O5. The summed E-state index contributed by atoms with van der Waals surface area (Å²) in [5.41, 5.74) is -2.43. The largest absolute Gasteiger partial charge is 0.508 e. The molecular weight excluding hydrogens is 353 g/mol. The third-order valence-electron chi connectivity index (χ3n) is 4.09. The lowest BCUT2D eigenvalue weighted by Crippen LogP contribution is -2.62. The Balaban J connectivity index is 2.05. The topological polar surface area (TPSA) is 65.0 Å². The Morgan fingerprint density at radius 1 is 1.12 bits per heavy atom. The number of halogens is 3. The molecule has 2 aromatic rings. The second-order valence-electron chi connectivity index (χ2n) is 5.93. The number of hydrogen-bond acceptors (Lipinski definition) is 5. The molecule has 0 amide bonds. The summed E-state index contributed by atoms with van der Waals surface area (Å²) >= 11 is 0. The maximum absolute atomic E-state index is 13.6. The van der Waals surface area contributed by atoms with E-state index in [1.54, 1.807) is 0 Å². The lowest BCUT2D eigenvalue weighted by molar-refractivity contribution is -0.230. The standard InChI is InChI=1S/C18H15F3O5/c1-17(26-12-6-4-11(24-2)5-7-12)15(23)13-8-3-10(22)9-14(13)25-16(17)18(19,20)21/h3-9,16,22H,1-2H3. The Hall–Kier alpha value is -2.90. The second-order valence-corrected chi connectivity index (χ2v) is 5.93. The molecule has 1 heterocycles. The quantitative estimate of drug-likeness (QED) is 0.894. The molecule has 0 aromatic heterocycles. The number of benzene rings is 2. The van der Waals surface area contributed by atoms with Gasteiger partial charge in [0.15, 0.2) is 0 Å². The van der Waals surface area contributed by atoms with Crippen LogP contribution >= 0.6 is 0 Å². The van der Waals surface area contributed by atoms with E-state index >= 15 is 0 Å². The molecule has 0 radical (unpaired) electrons. The van der Waals surface area contributed by atoms with Crippen molar-refractivity contribution in [3.05, 3.63) is 48.0 Å². The molecule has 5 nitrogen and oxygen atoms in total. The average molecular weight is 368 g/mol. The van der Waals surface area contributed by atoms with Crippen molar-refractivity contribution in [2.75, 3.05) is 7.11 Å². The minimum Gasteiger partial charge on any atom is -0.508 e. The first kappa shape index (κ1) is 17.9. The normalized spacial score (nSPS) is 22.3. The summed E-state index contributed by atoms with van der Waals surface area (Å²) in [4.78, 5) is 12.8. The Bertz CT molecular complexity index is 832. The molecule has 2 unspecified atom stereocenters. The van der Waals surface area contributed by atoms with Crippen molar-refractivity contribution in [1.82, 2.24) is 0 Å². The van der Waals surface area contributed by atoms with Crippen LogP contribution in [0.25, 0.3) is 0 Å². The maximum atomic E-state index is 13.6. The molecule has 138 valence electrons. The highest BCUT2D eigenvalue weighted by Crippen LogP contribution is 2.43. The first-order valence-corrected chi connectivity index (χ1v) is 7.59. The highest BCUT2D eigenvalue weighted by molar-refractivity contribution is 6.06. The molecule has 8 heteroatoms. The van der Waals surface area contributed by atoms with Crippen LogP contribution in [0.3, 0.4) is 0 Å². The third kappa shape index (κ3) is 3.02. The second kappa shape index (κ2) is 6.12. The number of alkyl halides is 3. The Morgan fingerprint density at radius 3 is 2.31 bits per heavy atom. The van der Waals surface area contributed by atoms with E-state index in [-0.39, 0.29) is 22.8 Å². The van der Waals surface area contributed by atoms with Gasteiger partial charge in [0.2, 0.25) is 17.5 Å². The maximum Gasteiger partial charge on any atom is 0.429 e. The van der Waals surface area contributed by atoms with Gasteiger partial charge >= 0.3 is 6.18 Å². The fraction of sp³-hybridized carbons (Fsp3) is 0.278. The number of aromatic hydroxyl groups is 1. The van der Waals surface area contributed by atoms with Gasteiger partial charge in [0.05, 0.1) is 12.7 Å². The van der Waals surface area contributed by atoms with E-state index in [9.17, 15) is 23.1 Å². The molecule has 0 aliphatic carbocycles. The molecule has 1 aliphatic heterocycles. The predicted molar refractivity (Wildman–Crippen MR) is 84.9 cm³/mol. The Labute approximate surface area is 146 Å². The van der Waals surface area contributed by atoms with Gasteiger partial charge in [-0.3, -0.25) is 4.79 Å². The summed E-state index contributed by atoms with van der Waals surface area (Å²) in [5, 5.41) is 9.46. The molecule has 2 aromatic carbocycles. The Kier molecular flexibility index (Phi) is 4.21. The molecule has 26 heavy (non-hydrogen) atoms. The molecule has 0 saturated carbocycles. The monoisotopic (exact) mass is 368 g/mol. The van der Waals surface area contributed by atoms with Crippen molar-refractivity contribution >= 4 is 5.78 Å². The van der Waals surface area contributed by atoms with Crippen molar-refractivity contribution in [1.29, 1.82) is 0 Å². The third-order valence-corrected chi connectivity index (χ3v) is 4.09. The lowest BCUT2D eigenvalue weighted by Gasteiger charge is -2.41. The number of phenolic OH excluding ortho intramolecular Hbond substituents is 1. The first-order valence-electron chi connectivity index (χ1n) is 7.59. The van der Waals surface area contributed by atoms with Crippen LogP contribution in [-0.2, 0) is 0 Å². The summed E-state index contributed by atoms with van der Waals surface area (Å²) in [6.45, 7) is 1.04. The molecule has 1 N–H and O–H groups in total. The van der Waals surface area contributed by atoms with Crippen LogP contribution in [0.2, 0.25) is 0 Å². The summed E-state index contributed by atoms with van der Waals surface area (Å²) in [6, 6.07) is 9.17. The number of fused-ring (bicyclic) bond motifs is 1. The molecule has 0 spiro atoms. The zero-order valence-corrected chi connectivity index (χ0v) is 13.8. The van der Waals surface area contributed by atoms with E-state index in [0.29, 0.717) is 5.75 Å². The Morgan fingerprint density at radius 2 is 1.73 bits per heavy atom. The smallest absolute Gasteiger partial charge is 0.429 e. The van der Waals surface area contributed by atoms with Gasteiger partial charge in [-0.1, -0.05) is 0 Å². The van der Waals surface area contributed by atoms with Crippen LogP contribution in [0.15, 0.2) is 42.5 Å².